The lowest BCUT2D eigenvalue weighted by atomic mass is 9.89. The van der Waals surface area contributed by atoms with E-state index in [1.165, 1.54) is 27.3 Å². The van der Waals surface area contributed by atoms with Crippen molar-refractivity contribution in [1.82, 2.24) is 9.55 Å². The van der Waals surface area contributed by atoms with Crippen LogP contribution in [-0.4, -0.2) is 27.3 Å². The Kier molecular flexibility index (Phi) is 5.62. The van der Waals surface area contributed by atoms with Crippen molar-refractivity contribution >= 4 is 45.1 Å². The minimum Gasteiger partial charge on any atom is -0.268 e. The number of fused-ring (bicyclic) bond motifs is 3. The van der Waals surface area contributed by atoms with E-state index in [1.807, 2.05) is 0 Å². The van der Waals surface area contributed by atoms with Crippen LogP contribution in [0.25, 0.3) is 15.9 Å². The van der Waals surface area contributed by atoms with Gasteiger partial charge in [0, 0.05) is 16.4 Å². The minimum absolute atomic E-state index is 0.135. The molecular formula is C20H21FN2OS3. The first kappa shape index (κ1) is 19.0. The Balaban J connectivity index is 1.95. The molecule has 0 spiro atoms. The van der Waals surface area contributed by atoms with Crippen molar-refractivity contribution in [3.63, 3.8) is 0 Å². The number of thiophene rings is 1. The summed E-state index contributed by atoms with van der Waals surface area (Å²) in [4.78, 5) is 20.4. The van der Waals surface area contributed by atoms with E-state index in [4.69, 9.17) is 4.98 Å². The molecule has 0 N–H and O–H groups in total. The van der Waals surface area contributed by atoms with Gasteiger partial charge in [0.05, 0.1) is 11.1 Å². The molecule has 3 aromatic rings. The molecule has 0 saturated carbocycles. The molecule has 0 saturated heterocycles. The average Bonchev–Trinajstić information content (AvgIpc) is 3.00. The van der Waals surface area contributed by atoms with Crippen molar-refractivity contribution in [1.29, 1.82) is 0 Å². The van der Waals surface area contributed by atoms with E-state index in [2.05, 4.69) is 13.2 Å². The first-order valence-corrected chi connectivity index (χ1v) is 12.2. The van der Waals surface area contributed by atoms with Crippen LogP contribution in [0.15, 0.2) is 34.2 Å². The molecule has 4 rings (SSSR count). The number of nitrogens with zero attached hydrogens (tertiary/aromatic N) is 2. The topological polar surface area (TPSA) is 34.9 Å². The van der Waals surface area contributed by atoms with Gasteiger partial charge in [-0.15, -0.1) is 11.3 Å². The highest BCUT2D eigenvalue weighted by Gasteiger charge is 2.25. The van der Waals surface area contributed by atoms with Crippen LogP contribution in [0.4, 0.5) is 4.39 Å². The summed E-state index contributed by atoms with van der Waals surface area (Å²) >= 11 is 4.91. The van der Waals surface area contributed by atoms with Crippen molar-refractivity contribution in [2.24, 2.45) is 5.92 Å². The molecule has 0 fully saturated rings. The molecule has 2 aromatic heterocycles. The molecule has 0 radical (unpaired) electrons. The minimum atomic E-state index is -0.398. The third kappa shape index (κ3) is 3.57. The molecule has 0 bridgehead atoms. The second-order valence-corrected chi connectivity index (χ2v) is 9.99. The zero-order valence-electron chi connectivity index (χ0n) is 15.3. The Labute approximate surface area is 170 Å². The molecule has 27 heavy (non-hydrogen) atoms. The van der Waals surface area contributed by atoms with Gasteiger partial charge in [-0.3, -0.25) is 9.36 Å². The molecule has 0 aliphatic heterocycles. The third-order valence-electron chi connectivity index (χ3n) is 4.91. The molecule has 7 heteroatoms. The Bertz CT molecular complexity index is 1040. The van der Waals surface area contributed by atoms with Crippen LogP contribution in [-0.2, 0) is 12.8 Å². The van der Waals surface area contributed by atoms with Crippen molar-refractivity contribution < 1.29 is 4.39 Å². The molecule has 0 amide bonds. The lowest BCUT2D eigenvalue weighted by Gasteiger charge is -2.18. The summed E-state index contributed by atoms with van der Waals surface area (Å²) < 4.78 is 16.0. The molecule has 3 nitrogen and oxygen atoms in total. The van der Waals surface area contributed by atoms with Crippen LogP contribution in [0, 0.1) is 11.7 Å². The fourth-order valence-electron chi connectivity index (χ4n) is 3.53. The summed E-state index contributed by atoms with van der Waals surface area (Å²) in [6.07, 6.45) is 5.05. The number of para-hydroxylation sites is 1. The van der Waals surface area contributed by atoms with E-state index >= 15 is 0 Å². The zero-order chi connectivity index (χ0) is 19.0. The average molecular weight is 421 g/mol. The quantitative estimate of drug-likeness (QED) is 0.324. The van der Waals surface area contributed by atoms with Gasteiger partial charge in [-0.2, -0.15) is 11.8 Å². The highest BCUT2D eigenvalue weighted by molar-refractivity contribution is 8.02. The van der Waals surface area contributed by atoms with E-state index < -0.39 is 5.82 Å². The molecule has 0 unspecified atom stereocenters. The van der Waals surface area contributed by atoms with Crippen molar-refractivity contribution in [3.05, 3.63) is 50.9 Å². The summed E-state index contributed by atoms with van der Waals surface area (Å²) in [7, 11) is 0. The van der Waals surface area contributed by atoms with Gasteiger partial charge in [-0.1, -0.05) is 30.8 Å². The van der Waals surface area contributed by atoms with Crippen LogP contribution in [0.5, 0.6) is 0 Å². The van der Waals surface area contributed by atoms with Crippen LogP contribution >= 0.6 is 34.9 Å². The predicted octanol–water partition coefficient (Wildman–Crippen LogP) is 5.17. The maximum Gasteiger partial charge on any atom is 0.267 e. The first-order valence-electron chi connectivity index (χ1n) is 9.04. The van der Waals surface area contributed by atoms with Crippen molar-refractivity contribution in [2.45, 2.75) is 31.3 Å². The van der Waals surface area contributed by atoms with Gasteiger partial charge >= 0.3 is 0 Å². The number of halogens is 1. The normalized spacial score (nSPS) is 16.6. The monoisotopic (exact) mass is 420 g/mol. The van der Waals surface area contributed by atoms with Crippen molar-refractivity contribution in [2.75, 3.05) is 17.8 Å². The summed E-state index contributed by atoms with van der Waals surface area (Å²) in [5, 5.41) is 1.28. The lowest BCUT2D eigenvalue weighted by Crippen LogP contribution is -2.23. The maximum atomic E-state index is 14.5. The number of aromatic nitrogens is 2. The largest absolute Gasteiger partial charge is 0.268 e. The second kappa shape index (κ2) is 7.97. The highest BCUT2D eigenvalue weighted by atomic mass is 32.2. The van der Waals surface area contributed by atoms with Crippen molar-refractivity contribution in [3.8, 4) is 5.69 Å². The number of hydrogen-bond donors (Lipinski definition) is 0. The number of rotatable bonds is 5. The van der Waals surface area contributed by atoms with Crippen LogP contribution in [0.1, 0.15) is 23.8 Å². The fourth-order valence-corrected chi connectivity index (χ4v) is 6.61. The smallest absolute Gasteiger partial charge is 0.267 e. The number of aryl methyl sites for hydroxylation is 1. The van der Waals surface area contributed by atoms with Gasteiger partial charge in [0.25, 0.3) is 5.56 Å². The molecule has 1 aliphatic carbocycles. The highest BCUT2D eigenvalue weighted by Crippen LogP contribution is 2.37. The lowest BCUT2D eigenvalue weighted by molar-refractivity contribution is 0.509. The van der Waals surface area contributed by atoms with E-state index in [0.717, 1.165) is 41.2 Å². The van der Waals surface area contributed by atoms with Crippen LogP contribution in [0.3, 0.4) is 0 Å². The summed E-state index contributed by atoms with van der Waals surface area (Å²) in [6.45, 7) is 2.25. The van der Waals surface area contributed by atoms with Gasteiger partial charge in [0.15, 0.2) is 5.16 Å². The Hall–Kier alpha value is -1.31. The SMILES string of the molecule is CSCCSc1nc2sc3c(c2c(=O)n1-c1ccccc1F)CC[C@H](C)C3. The zero-order valence-corrected chi connectivity index (χ0v) is 17.8. The predicted molar refractivity (Wildman–Crippen MR) is 115 cm³/mol. The standard InChI is InChI=1S/C20H21FN2OS3/c1-12-7-8-13-16(11-12)27-18-17(13)19(24)23(15-6-4-3-5-14(15)21)20(22-18)26-10-9-25-2/h3-6,12H,7-11H2,1-2H3/t12-/m0/s1. The molecule has 1 aromatic carbocycles. The van der Waals surface area contributed by atoms with E-state index in [9.17, 15) is 9.18 Å². The molecule has 1 aliphatic rings. The number of hydrogen-bond acceptors (Lipinski definition) is 5. The fraction of sp³-hybridized carbons (Fsp3) is 0.400. The summed E-state index contributed by atoms with van der Waals surface area (Å²) in [5.74, 6) is 2.02. The van der Waals surface area contributed by atoms with Gasteiger partial charge in [-0.25, -0.2) is 9.37 Å². The Morgan fingerprint density at radius 1 is 1.33 bits per heavy atom. The van der Waals surface area contributed by atoms with E-state index in [0.29, 0.717) is 16.5 Å². The van der Waals surface area contributed by atoms with Gasteiger partial charge in [0.2, 0.25) is 0 Å². The van der Waals surface area contributed by atoms with Crippen LogP contribution < -0.4 is 5.56 Å². The molecular weight excluding hydrogens is 399 g/mol. The van der Waals surface area contributed by atoms with Gasteiger partial charge in [-0.05, 0) is 49.1 Å². The first-order chi connectivity index (χ1) is 13.1. The van der Waals surface area contributed by atoms with Gasteiger partial charge in [0.1, 0.15) is 10.6 Å². The molecule has 142 valence electrons. The second-order valence-electron chi connectivity index (χ2n) is 6.86. The molecule has 2 heterocycles. The van der Waals surface area contributed by atoms with Crippen LogP contribution in [0.2, 0.25) is 0 Å². The Morgan fingerprint density at radius 3 is 2.93 bits per heavy atom. The third-order valence-corrected chi connectivity index (χ3v) is 7.87. The van der Waals surface area contributed by atoms with E-state index in [-0.39, 0.29) is 11.2 Å². The number of thioether (sulfide) groups is 2. The van der Waals surface area contributed by atoms with E-state index in [1.54, 1.807) is 41.3 Å². The van der Waals surface area contributed by atoms with Gasteiger partial charge < -0.3 is 0 Å². The Morgan fingerprint density at radius 2 is 2.15 bits per heavy atom. The summed E-state index contributed by atoms with van der Waals surface area (Å²) in [5.41, 5.74) is 1.29. The molecule has 1 atom stereocenters. The maximum absolute atomic E-state index is 14.5. The number of benzene rings is 1. The summed E-state index contributed by atoms with van der Waals surface area (Å²) in [6, 6.07) is 6.46.